The van der Waals surface area contributed by atoms with E-state index >= 15 is 0 Å². The summed E-state index contributed by atoms with van der Waals surface area (Å²) in [5.41, 5.74) is 2.09. The number of rotatable bonds is 7. The van der Waals surface area contributed by atoms with E-state index in [0.717, 1.165) is 11.4 Å². The summed E-state index contributed by atoms with van der Waals surface area (Å²) in [6, 6.07) is 15.6. The maximum absolute atomic E-state index is 5.91. The van der Waals surface area contributed by atoms with Gasteiger partial charge in [0.05, 0.1) is 26.0 Å². The van der Waals surface area contributed by atoms with Crippen LogP contribution in [0.5, 0.6) is 5.75 Å². The van der Waals surface area contributed by atoms with Crippen molar-refractivity contribution >= 4 is 17.3 Å². The lowest BCUT2D eigenvalue weighted by atomic mass is 10.2. The van der Waals surface area contributed by atoms with E-state index in [1.807, 2.05) is 30.3 Å². The van der Waals surface area contributed by atoms with Gasteiger partial charge in [-0.1, -0.05) is 41.9 Å². The largest absolute Gasteiger partial charge is 0.495 e. The highest BCUT2D eigenvalue weighted by molar-refractivity contribution is 6.30. The Morgan fingerprint density at radius 3 is 2.65 bits per heavy atom. The molecule has 0 bridgehead atoms. The number of hydrogen-bond acceptors (Lipinski definition) is 3. The fourth-order valence-electron chi connectivity index (χ4n) is 1.83. The molecule has 0 saturated carbocycles. The monoisotopic (exact) mass is 291 g/mol. The molecule has 20 heavy (non-hydrogen) atoms. The molecule has 106 valence electrons. The van der Waals surface area contributed by atoms with Crippen molar-refractivity contribution in [2.45, 2.75) is 6.61 Å². The van der Waals surface area contributed by atoms with E-state index in [9.17, 15) is 0 Å². The highest BCUT2D eigenvalue weighted by Crippen LogP contribution is 2.27. The molecule has 0 spiro atoms. The van der Waals surface area contributed by atoms with Crippen LogP contribution in [0.25, 0.3) is 0 Å². The summed E-state index contributed by atoms with van der Waals surface area (Å²) in [6.07, 6.45) is 0. The first-order valence-electron chi connectivity index (χ1n) is 6.48. The summed E-state index contributed by atoms with van der Waals surface area (Å²) < 4.78 is 10.9. The van der Waals surface area contributed by atoms with Crippen molar-refractivity contribution in [1.82, 2.24) is 0 Å². The summed E-state index contributed by atoms with van der Waals surface area (Å²) in [4.78, 5) is 0. The lowest BCUT2D eigenvalue weighted by Gasteiger charge is -2.11. The van der Waals surface area contributed by atoms with Gasteiger partial charge in [0.25, 0.3) is 0 Å². The third-order valence-electron chi connectivity index (χ3n) is 2.84. The van der Waals surface area contributed by atoms with Gasteiger partial charge >= 0.3 is 0 Å². The third kappa shape index (κ3) is 4.44. The van der Waals surface area contributed by atoms with Crippen LogP contribution in [0.1, 0.15) is 5.56 Å². The molecule has 0 unspecified atom stereocenters. The van der Waals surface area contributed by atoms with Gasteiger partial charge in [0.15, 0.2) is 0 Å². The summed E-state index contributed by atoms with van der Waals surface area (Å²) in [6.45, 7) is 1.96. The fourth-order valence-corrected chi connectivity index (χ4v) is 2.00. The van der Waals surface area contributed by atoms with Gasteiger partial charge in [-0.15, -0.1) is 0 Å². The van der Waals surface area contributed by atoms with Crippen molar-refractivity contribution in [3.63, 3.8) is 0 Å². The Bertz CT molecular complexity index is 531. The van der Waals surface area contributed by atoms with Gasteiger partial charge in [-0.2, -0.15) is 0 Å². The minimum absolute atomic E-state index is 0.625. The molecule has 1 N–H and O–H groups in total. The van der Waals surface area contributed by atoms with E-state index in [1.165, 1.54) is 5.56 Å². The lowest BCUT2D eigenvalue weighted by molar-refractivity contribution is 0.130. The number of hydrogen-bond donors (Lipinski definition) is 1. The molecule has 0 heterocycles. The molecule has 0 aromatic heterocycles. The van der Waals surface area contributed by atoms with Crippen LogP contribution in [-0.2, 0) is 11.3 Å². The molecule has 0 radical (unpaired) electrons. The van der Waals surface area contributed by atoms with Crippen molar-refractivity contribution in [1.29, 1.82) is 0 Å². The van der Waals surface area contributed by atoms with E-state index in [0.29, 0.717) is 24.8 Å². The Kier molecular flexibility index (Phi) is 5.71. The van der Waals surface area contributed by atoms with Gasteiger partial charge in [0.2, 0.25) is 0 Å². The molecule has 2 rings (SSSR count). The van der Waals surface area contributed by atoms with E-state index in [4.69, 9.17) is 21.1 Å². The Morgan fingerprint density at radius 1 is 1.10 bits per heavy atom. The molecule has 3 nitrogen and oxygen atoms in total. The zero-order chi connectivity index (χ0) is 14.2. The molecule has 0 aliphatic rings. The lowest BCUT2D eigenvalue weighted by Crippen LogP contribution is -2.10. The number of ether oxygens (including phenoxy) is 2. The SMILES string of the molecule is COc1cc(Cl)ccc1NCCOCc1ccccc1. The van der Waals surface area contributed by atoms with Gasteiger partial charge in [0, 0.05) is 17.6 Å². The number of anilines is 1. The average molecular weight is 292 g/mol. The Balaban J connectivity index is 1.73. The van der Waals surface area contributed by atoms with E-state index in [-0.39, 0.29) is 0 Å². The second-order valence-electron chi connectivity index (χ2n) is 4.31. The standard InChI is InChI=1S/C16H18ClNO2/c1-19-16-11-14(17)7-8-15(16)18-9-10-20-12-13-5-3-2-4-6-13/h2-8,11,18H,9-10,12H2,1H3. The number of benzene rings is 2. The minimum Gasteiger partial charge on any atom is -0.495 e. The zero-order valence-corrected chi connectivity index (χ0v) is 12.2. The van der Waals surface area contributed by atoms with Gasteiger partial charge in [-0.25, -0.2) is 0 Å². The molecule has 0 aliphatic carbocycles. The van der Waals surface area contributed by atoms with Crippen molar-refractivity contribution in [2.24, 2.45) is 0 Å². The van der Waals surface area contributed by atoms with Gasteiger partial charge < -0.3 is 14.8 Å². The highest BCUT2D eigenvalue weighted by atomic mass is 35.5. The summed E-state index contributed by atoms with van der Waals surface area (Å²) in [7, 11) is 1.63. The topological polar surface area (TPSA) is 30.5 Å². The van der Waals surface area contributed by atoms with Crippen LogP contribution in [0.4, 0.5) is 5.69 Å². The Labute approximate surface area is 124 Å². The molecule has 2 aromatic rings. The molecule has 4 heteroatoms. The van der Waals surface area contributed by atoms with E-state index in [2.05, 4.69) is 17.4 Å². The maximum Gasteiger partial charge on any atom is 0.143 e. The molecule has 0 fully saturated rings. The average Bonchev–Trinajstić information content (AvgIpc) is 2.49. The number of methoxy groups -OCH3 is 1. The van der Waals surface area contributed by atoms with Crippen molar-refractivity contribution < 1.29 is 9.47 Å². The van der Waals surface area contributed by atoms with E-state index in [1.54, 1.807) is 13.2 Å². The van der Waals surface area contributed by atoms with Crippen molar-refractivity contribution in [3.05, 3.63) is 59.1 Å². The summed E-state index contributed by atoms with van der Waals surface area (Å²) in [5.74, 6) is 0.737. The van der Waals surface area contributed by atoms with Crippen molar-refractivity contribution in [3.8, 4) is 5.75 Å². The molecular weight excluding hydrogens is 274 g/mol. The van der Waals surface area contributed by atoms with Crippen LogP contribution in [0.15, 0.2) is 48.5 Å². The predicted octanol–water partition coefficient (Wildman–Crippen LogP) is 3.98. The van der Waals surface area contributed by atoms with Gasteiger partial charge in [-0.05, 0) is 17.7 Å². The van der Waals surface area contributed by atoms with Crippen LogP contribution in [0.3, 0.4) is 0 Å². The summed E-state index contributed by atoms with van der Waals surface area (Å²) >= 11 is 5.91. The third-order valence-corrected chi connectivity index (χ3v) is 3.07. The normalized spacial score (nSPS) is 10.3. The second-order valence-corrected chi connectivity index (χ2v) is 4.75. The molecule has 0 amide bonds. The highest BCUT2D eigenvalue weighted by Gasteiger charge is 2.02. The van der Waals surface area contributed by atoms with Crippen LogP contribution < -0.4 is 10.1 Å². The quantitative estimate of drug-likeness (QED) is 0.783. The van der Waals surface area contributed by atoms with Crippen LogP contribution in [-0.4, -0.2) is 20.3 Å². The van der Waals surface area contributed by atoms with Crippen molar-refractivity contribution in [2.75, 3.05) is 25.6 Å². The van der Waals surface area contributed by atoms with Crippen LogP contribution >= 0.6 is 11.6 Å². The molecule has 0 atom stereocenters. The molecule has 2 aromatic carbocycles. The first-order valence-corrected chi connectivity index (χ1v) is 6.86. The zero-order valence-electron chi connectivity index (χ0n) is 11.4. The van der Waals surface area contributed by atoms with Gasteiger partial charge in [-0.3, -0.25) is 0 Å². The summed E-state index contributed by atoms with van der Waals surface area (Å²) in [5, 5.41) is 3.93. The fraction of sp³-hybridized carbons (Fsp3) is 0.250. The van der Waals surface area contributed by atoms with Gasteiger partial charge in [0.1, 0.15) is 5.75 Å². The smallest absolute Gasteiger partial charge is 0.143 e. The Hall–Kier alpha value is -1.71. The maximum atomic E-state index is 5.91. The predicted molar refractivity (Wildman–Crippen MR) is 82.6 cm³/mol. The molecule has 0 aliphatic heterocycles. The first-order chi connectivity index (χ1) is 9.79. The molecule has 0 saturated heterocycles. The van der Waals surface area contributed by atoms with E-state index < -0.39 is 0 Å². The molecular formula is C16H18ClNO2. The first kappa shape index (κ1) is 14.7. The number of halogens is 1. The Morgan fingerprint density at radius 2 is 1.90 bits per heavy atom. The van der Waals surface area contributed by atoms with Crippen LogP contribution in [0.2, 0.25) is 5.02 Å². The second kappa shape index (κ2) is 7.78. The number of nitrogens with one attached hydrogen (secondary N) is 1. The minimum atomic E-state index is 0.625. The van der Waals surface area contributed by atoms with Crippen LogP contribution in [0, 0.1) is 0 Å².